The van der Waals surface area contributed by atoms with Gasteiger partial charge in [-0.2, -0.15) is 20.1 Å². The number of hydrazone groups is 1. The molecule has 0 bridgehead atoms. The fraction of sp³-hybridized carbons (Fsp3) is 0. The summed E-state index contributed by atoms with van der Waals surface area (Å²) < 4.78 is 23.0. The van der Waals surface area contributed by atoms with Crippen LogP contribution in [0.3, 0.4) is 0 Å². The molecule has 1 heterocycles. The molecule has 1 aromatic heterocycles. The molecule has 0 radical (unpaired) electrons. The average molecular weight is 529 g/mol. The molecule has 5 N–H and O–H groups in total. The first-order chi connectivity index (χ1) is 16.8. The van der Waals surface area contributed by atoms with Gasteiger partial charge in [0.05, 0.1) is 21.2 Å². The van der Waals surface area contributed by atoms with Crippen LogP contribution >= 0.6 is 23.2 Å². The monoisotopic (exact) mass is 528 g/mol. The molecule has 178 valence electrons. The molecule has 13 heteroatoms. The summed E-state index contributed by atoms with van der Waals surface area (Å²) in [5, 5.41) is 16.3. The van der Waals surface area contributed by atoms with Crippen LogP contribution in [0.5, 0.6) is 0 Å². The summed E-state index contributed by atoms with van der Waals surface area (Å²) in [6, 6.07) is 20.3. The maximum Gasteiger partial charge on any atom is 0.250 e. The van der Waals surface area contributed by atoms with Gasteiger partial charge in [0, 0.05) is 11.4 Å². The van der Waals surface area contributed by atoms with E-state index in [2.05, 4.69) is 36.1 Å². The third-order valence-electron chi connectivity index (χ3n) is 4.43. The highest BCUT2D eigenvalue weighted by Gasteiger charge is 2.10. The molecular weight excluding hydrogens is 511 g/mol. The number of primary sulfonamides is 1. The van der Waals surface area contributed by atoms with E-state index in [0.717, 1.165) is 11.3 Å². The van der Waals surface area contributed by atoms with Crippen molar-refractivity contribution in [3.05, 3.63) is 88.4 Å². The van der Waals surface area contributed by atoms with Crippen molar-refractivity contribution < 1.29 is 8.42 Å². The topological polar surface area (TPSA) is 147 Å². The van der Waals surface area contributed by atoms with Crippen LogP contribution in [0.25, 0.3) is 0 Å². The standard InChI is InChI=1S/C22H18Cl2N8O2S/c23-18-11-6-14(12-19(18)24)13-26-32-22-30-20(27-15-4-2-1-3-5-15)29-21(31-22)28-16-7-9-17(10-8-16)35(25,33)34/h1-13H,(H2,25,33,34)(H3,27,28,29,30,31,32)/b26-13+. The van der Waals surface area contributed by atoms with E-state index in [-0.39, 0.29) is 22.7 Å². The summed E-state index contributed by atoms with van der Waals surface area (Å²) in [6.07, 6.45) is 1.54. The summed E-state index contributed by atoms with van der Waals surface area (Å²) in [4.78, 5) is 13.0. The first kappa shape index (κ1) is 24.4. The van der Waals surface area contributed by atoms with Crippen LogP contribution in [-0.2, 0) is 10.0 Å². The summed E-state index contributed by atoms with van der Waals surface area (Å²) in [5.74, 6) is 0.592. The van der Waals surface area contributed by atoms with E-state index in [4.69, 9.17) is 28.3 Å². The fourth-order valence-corrected chi connectivity index (χ4v) is 3.62. The number of anilines is 5. The van der Waals surface area contributed by atoms with Crippen LogP contribution in [0.2, 0.25) is 10.0 Å². The van der Waals surface area contributed by atoms with Gasteiger partial charge in [0.15, 0.2) is 0 Å². The van der Waals surface area contributed by atoms with Crippen molar-refractivity contribution in [2.75, 3.05) is 16.1 Å². The predicted octanol–water partition coefficient (Wildman–Crippen LogP) is 4.76. The Hall–Kier alpha value is -3.77. The molecular formula is C22H18Cl2N8O2S. The van der Waals surface area contributed by atoms with Gasteiger partial charge >= 0.3 is 0 Å². The number of nitrogens with two attached hydrogens (primary N) is 1. The molecule has 0 amide bonds. The van der Waals surface area contributed by atoms with Crippen molar-refractivity contribution in [2.24, 2.45) is 10.2 Å². The minimum atomic E-state index is -3.80. The molecule has 0 atom stereocenters. The molecule has 4 aromatic rings. The minimum Gasteiger partial charge on any atom is -0.324 e. The molecule has 0 unspecified atom stereocenters. The Balaban J connectivity index is 1.58. The second-order valence-corrected chi connectivity index (χ2v) is 9.41. The van der Waals surface area contributed by atoms with Gasteiger partial charge in [0.25, 0.3) is 0 Å². The number of nitrogens with one attached hydrogen (secondary N) is 3. The van der Waals surface area contributed by atoms with Gasteiger partial charge in [-0.1, -0.05) is 47.5 Å². The van der Waals surface area contributed by atoms with Crippen LogP contribution in [0, 0.1) is 0 Å². The van der Waals surface area contributed by atoms with Crippen molar-refractivity contribution in [1.82, 2.24) is 15.0 Å². The molecule has 0 fully saturated rings. The molecule has 0 saturated heterocycles. The summed E-state index contributed by atoms with van der Waals surface area (Å²) in [5.41, 5.74) is 4.80. The third kappa shape index (κ3) is 6.87. The molecule has 35 heavy (non-hydrogen) atoms. The van der Waals surface area contributed by atoms with Gasteiger partial charge < -0.3 is 10.6 Å². The van der Waals surface area contributed by atoms with E-state index in [1.54, 1.807) is 30.3 Å². The van der Waals surface area contributed by atoms with Crippen LogP contribution in [-0.4, -0.2) is 29.6 Å². The Bertz CT molecular complexity index is 1470. The largest absolute Gasteiger partial charge is 0.324 e. The lowest BCUT2D eigenvalue weighted by Crippen LogP contribution is -2.12. The van der Waals surface area contributed by atoms with Crippen molar-refractivity contribution in [3.63, 3.8) is 0 Å². The number of sulfonamides is 1. The minimum absolute atomic E-state index is 0.0101. The Labute approximate surface area is 211 Å². The number of hydrogen-bond donors (Lipinski definition) is 4. The van der Waals surface area contributed by atoms with Gasteiger partial charge in [-0.15, -0.1) is 0 Å². The quantitative estimate of drug-likeness (QED) is 0.189. The summed E-state index contributed by atoms with van der Waals surface area (Å²) in [6.45, 7) is 0. The Morgan fingerprint density at radius 2 is 1.37 bits per heavy atom. The van der Waals surface area contributed by atoms with Crippen molar-refractivity contribution in [2.45, 2.75) is 4.90 Å². The molecule has 10 nitrogen and oxygen atoms in total. The second kappa shape index (κ2) is 10.7. The summed E-state index contributed by atoms with van der Waals surface area (Å²) in [7, 11) is -3.80. The van der Waals surface area contributed by atoms with E-state index < -0.39 is 10.0 Å². The Kier molecular flexibility index (Phi) is 7.42. The lowest BCUT2D eigenvalue weighted by Gasteiger charge is -2.10. The molecule has 4 rings (SSSR count). The molecule has 0 aliphatic heterocycles. The van der Waals surface area contributed by atoms with E-state index in [1.807, 2.05) is 30.3 Å². The molecule has 0 aliphatic carbocycles. The molecule has 0 spiro atoms. The zero-order valence-electron chi connectivity index (χ0n) is 17.9. The number of rotatable bonds is 8. The van der Waals surface area contributed by atoms with Crippen molar-refractivity contribution in [3.8, 4) is 0 Å². The third-order valence-corrected chi connectivity index (χ3v) is 6.09. The normalized spacial score (nSPS) is 11.4. The highest BCUT2D eigenvalue weighted by Crippen LogP contribution is 2.22. The zero-order valence-corrected chi connectivity index (χ0v) is 20.2. The second-order valence-electron chi connectivity index (χ2n) is 7.04. The van der Waals surface area contributed by atoms with E-state index in [1.165, 1.54) is 18.3 Å². The molecule has 0 aliphatic rings. The Morgan fingerprint density at radius 3 is 1.97 bits per heavy atom. The number of hydrogen-bond acceptors (Lipinski definition) is 9. The smallest absolute Gasteiger partial charge is 0.250 e. The lowest BCUT2D eigenvalue weighted by atomic mass is 10.2. The highest BCUT2D eigenvalue weighted by atomic mass is 35.5. The van der Waals surface area contributed by atoms with E-state index >= 15 is 0 Å². The number of para-hydroxylation sites is 1. The number of aromatic nitrogens is 3. The molecule has 3 aromatic carbocycles. The first-order valence-corrected chi connectivity index (χ1v) is 12.3. The van der Waals surface area contributed by atoms with Crippen LogP contribution in [0.15, 0.2) is 82.8 Å². The van der Waals surface area contributed by atoms with Gasteiger partial charge in [-0.05, 0) is 54.1 Å². The highest BCUT2D eigenvalue weighted by molar-refractivity contribution is 7.89. The average Bonchev–Trinajstić information content (AvgIpc) is 2.82. The maximum atomic E-state index is 11.5. The van der Waals surface area contributed by atoms with Gasteiger partial charge in [0.1, 0.15) is 0 Å². The van der Waals surface area contributed by atoms with Gasteiger partial charge in [-0.3, -0.25) is 0 Å². The fourth-order valence-electron chi connectivity index (χ4n) is 2.80. The van der Waals surface area contributed by atoms with Crippen LogP contribution in [0.1, 0.15) is 5.56 Å². The molecule has 0 saturated carbocycles. The summed E-state index contributed by atoms with van der Waals surface area (Å²) >= 11 is 12.0. The van der Waals surface area contributed by atoms with Crippen LogP contribution in [0.4, 0.5) is 29.2 Å². The van der Waals surface area contributed by atoms with Crippen LogP contribution < -0.4 is 21.2 Å². The van der Waals surface area contributed by atoms with E-state index in [0.29, 0.717) is 15.7 Å². The zero-order chi connectivity index (χ0) is 24.8. The SMILES string of the molecule is NS(=O)(=O)c1ccc(Nc2nc(N/N=C/c3ccc(Cl)c(Cl)c3)nc(Nc3ccccc3)n2)cc1. The van der Waals surface area contributed by atoms with Crippen molar-refractivity contribution >= 4 is 68.7 Å². The number of benzene rings is 3. The predicted molar refractivity (Wildman–Crippen MR) is 138 cm³/mol. The maximum absolute atomic E-state index is 11.5. The van der Waals surface area contributed by atoms with Crippen molar-refractivity contribution in [1.29, 1.82) is 0 Å². The Morgan fingerprint density at radius 1 is 0.771 bits per heavy atom. The van der Waals surface area contributed by atoms with Gasteiger partial charge in [0.2, 0.25) is 27.9 Å². The number of nitrogens with zero attached hydrogens (tertiary/aromatic N) is 4. The van der Waals surface area contributed by atoms with E-state index in [9.17, 15) is 8.42 Å². The lowest BCUT2D eigenvalue weighted by molar-refractivity contribution is 0.598. The van der Waals surface area contributed by atoms with Gasteiger partial charge in [-0.25, -0.2) is 19.0 Å². The number of halogens is 2. The first-order valence-electron chi connectivity index (χ1n) is 9.98.